The number of hydrogen-bond donors (Lipinski definition) is 1. The van der Waals surface area contributed by atoms with Crippen LogP contribution in [0.4, 0.5) is 0 Å². The Bertz CT molecular complexity index is 1150. The van der Waals surface area contributed by atoms with Gasteiger partial charge in [-0.2, -0.15) is 0 Å². The Balaban J connectivity index is 1.90. The SMILES string of the molecule is CCCCn1c(=O)[nH]c(=O)c2c1nc(COC(=O)c1ccc(C(C)C)cc1)n2CC. The van der Waals surface area contributed by atoms with Crippen molar-refractivity contribution in [2.24, 2.45) is 0 Å². The average Bonchev–Trinajstić information content (AvgIpc) is 3.10. The summed E-state index contributed by atoms with van der Waals surface area (Å²) in [6.07, 6.45) is 1.69. The van der Waals surface area contributed by atoms with Crippen LogP contribution in [0.1, 0.15) is 68.2 Å². The van der Waals surface area contributed by atoms with Gasteiger partial charge in [-0.05, 0) is 37.0 Å². The van der Waals surface area contributed by atoms with E-state index in [2.05, 4.69) is 23.8 Å². The van der Waals surface area contributed by atoms with Crippen LogP contribution in [-0.4, -0.2) is 25.1 Å². The van der Waals surface area contributed by atoms with Crippen LogP contribution in [0.15, 0.2) is 33.9 Å². The number of aromatic nitrogens is 4. The van der Waals surface area contributed by atoms with Gasteiger partial charge in [0.1, 0.15) is 12.4 Å². The standard InChI is InChI=1S/C22H28N4O4/c1-5-7-12-26-19-18(20(27)24-22(26)29)25(6-2)17(23-19)13-30-21(28)16-10-8-15(9-11-16)14(3)4/h8-11,14H,5-7,12-13H2,1-4H3,(H,24,27,29). The second-order valence-electron chi connectivity index (χ2n) is 7.56. The van der Waals surface area contributed by atoms with E-state index < -0.39 is 17.2 Å². The van der Waals surface area contributed by atoms with Gasteiger partial charge in [0, 0.05) is 13.1 Å². The Morgan fingerprint density at radius 3 is 2.43 bits per heavy atom. The highest BCUT2D eigenvalue weighted by Gasteiger charge is 2.19. The molecule has 160 valence electrons. The van der Waals surface area contributed by atoms with Crippen LogP contribution >= 0.6 is 0 Å². The van der Waals surface area contributed by atoms with Gasteiger partial charge in [0.05, 0.1) is 5.56 Å². The lowest BCUT2D eigenvalue weighted by atomic mass is 10.0. The molecule has 30 heavy (non-hydrogen) atoms. The number of ether oxygens (including phenoxy) is 1. The summed E-state index contributed by atoms with van der Waals surface area (Å²) in [5.74, 6) is 0.348. The molecule has 3 aromatic rings. The number of imidazole rings is 1. The average molecular weight is 412 g/mol. The minimum Gasteiger partial charge on any atom is -0.454 e. The monoisotopic (exact) mass is 412 g/mol. The zero-order valence-corrected chi connectivity index (χ0v) is 17.9. The molecule has 0 radical (unpaired) electrons. The van der Waals surface area contributed by atoms with Crippen molar-refractivity contribution in [2.75, 3.05) is 0 Å². The minimum atomic E-state index is -0.487. The van der Waals surface area contributed by atoms with Crippen molar-refractivity contribution < 1.29 is 9.53 Å². The number of H-pyrrole nitrogens is 1. The van der Waals surface area contributed by atoms with Crippen LogP contribution in [0.3, 0.4) is 0 Å². The predicted octanol–water partition coefficient (Wildman–Crippen LogP) is 3.19. The van der Waals surface area contributed by atoms with Crippen molar-refractivity contribution in [2.45, 2.75) is 66.2 Å². The number of benzene rings is 1. The number of aryl methyl sites for hydroxylation is 2. The summed E-state index contributed by atoms with van der Waals surface area (Å²) in [5.41, 5.74) is 1.28. The van der Waals surface area contributed by atoms with Crippen LogP contribution in [0.2, 0.25) is 0 Å². The molecule has 3 rings (SSSR count). The third kappa shape index (κ3) is 4.22. The van der Waals surface area contributed by atoms with Gasteiger partial charge in [0.2, 0.25) is 0 Å². The lowest BCUT2D eigenvalue weighted by Crippen LogP contribution is -2.31. The molecule has 0 bridgehead atoms. The minimum absolute atomic E-state index is 0.0886. The van der Waals surface area contributed by atoms with Crippen molar-refractivity contribution in [3.05, 3.63) is 62.1 Å². The maximum atomic E-state index is 12.5. The molecular weight excluding hydrogens is 384 g/mol. The molecule has 0 amide bonds. The van der Waals surface area contributed by atoms with Gasteiger partial charge < -0.3 is 9.30 Å². The topological polar surface area (TPSA) is 99.0 Å². The highest BCUT2D eigenvalue weighted by Crippen LogP contribution is 2.17. The van der Waals surface area contributed by atoms with E-state index in [9.17, 15) is 14.4 Å². The second-order valence-corrected chi connectivity index (χ2v) is 7.56. The summed E-state index contributed by atoms with van der Waals surface area (Å²) < 4.78 is 8.62. The highest BCUT2D eigenvalue weighted by molar-refractivity contribution is 5.89. The zero-order valence-electron chi connectivity index (χ0n) is 17.9. The number of carbonyl (C=O) groups is 1. The van der Waals surface area contributed by atoms with Gasteiger partial charge in [-0.25, -0.2) is 14.6 Å². The highest BCUT2D eigenvalue weighted by atomic mass is 16.5. The first-order valence-corrected chi connectivity index (χ1v) is 10.4. The first kappa shape index (κ1) is 21.5. The van der Waals surface area contributed by atoms with Gasteiger partial charge >= 0.3 is 11.7 Å². The van der Waals surface area contributed by atoms with Crippen molar-refractivity contribution in [3.8, 4) is 0 Å². The molecule has 0 aliphatic rings. The number of unbranched alkanes of at least 4 members (excludes halogenated alkanes) is 1. The molecule has 0 saturated heterocycles. The van der Waals surface area contributed by atoms with Gasteiger partial charge in [-0.15, -0.1) is 0 Å². The van der Waals surface area contributed by atoms with Gasteiger partial charge in [-0.3, -0.25) is 14.3 Å². The van der Waals surface area contributed by atoms with Crippen LogP contribution in [0, 0.1) is 0 Å². The maximum Gasteiger partial charge on any atom is 0.338 e. The predicted molar refractivity (Wildman–Crippen MR) is 115 cm³/mol. The van der Waals surface area contributed by atoms with Crippen LogP contribution in [0.5, 0.6) is 0 Å². The number of rotatable bonds is 8. The smallest absolute Gasteiger partial charge is 0.338 e. The summed E-state index contributed by atoms with van der Waals surface area (Å²) in [6.45, 7) is 8.91. The number of nitrogens with zero attached hydrogens (tertiary/aromatic N) is 3. The van der Waals surface area contributed by atoms with Crippen molar-refractivity contribution in [3.63, 3.8) is 0 Å². The van der Waals surface area contributed by atoms with Gasteiger partial charge in [-0.1, -0.05) is 39.3 Å². The van der Waals surface area contributed by atoms with Crippen molar-refractivity contribution in [1.82, 2.24) is 19.1 Å². The number of esters is 1. The number of hydrogen-bond acceptors (Lipinski definition) is 5. The Morgan fingerprint density at radius 2 is 1.83 bits per heavy atom. The fourth-order valence-corrected chi connectivity index (χ4v) is 3.41. The van der Waals surface area contributed by atoms with E-state index in [-0.39, 0.29) is 6.61 Å². The maximum absolute atomic E-state index is 12.5. The van der Waals surface area contributed by atoms with E-state index in [0.29, 0.717) is 41.6 Å². The molecule has 0 aliphatic heterocycles. The number of carbonyl (C=O) groups excluding carboxylic acids is 1. The molecule has 2 aromatic heterocycles. The van der Waals surface area contributed by atoms with E-state index in [1.54, 1.807) is 16.7 Å². The quantitative estimate of drug-likeness (QED) is 0.573. The summed E-state index contributed by atoms with van der Waals surface area (Å²) in [4.78, 5) is 44.0. The van der Waals surface area contributed by atoms with E-state index in [1.165, 1.54) is 4.57 Å². The van der Waals surface area contributed by atoms with E-state index in [0.717, 1.165) is 18.4 Å². The molecule has 8 nitrogen and oxygen atoms in total. The molecule has 2 heterocycles. The molecule has 0 atom stereocenters. The first-order valence-electron chi connectivity index (χ1n) is 10.4. The molecule has 0 saturated carbocycles. The van der Waals surface area contributed by atoms with E-state index in [1.807, 2.05) is 26.0 Å². The number of fused-ring (bicyclic) bond motifs is 1. The molecular formula is C22H28N4O4. The Labute approximate surface area is 174 Å². The molecule has 1 aromatic carbocycles. The second kappa shape index (κ2) is 9.11. The zero-order chi connectivity index (χ0) is 21.8. The summed E-state index contributed by atoms with van der Waals surface area (Å²) >= 11 is 0. The third-order valence-corrected chi connectivity index (χ3v) is 5.16. The number of nitrogens with one attached hydrogen (secondary N) is 1. The van der Waals surface area contributed by atoms with Crippen LogP contribution in [-0.2, 0) is 24.4 Å². The van der Waals surface area contributed by atoms with E-state index in [4.69, 9.17) is 4.74 Å². The molecule has 0 fully saturated rings. The molecule has 0 unspecified atom stereocenters. The molecule has 0 spiro atoms. The lowest BCUT2D eigenvalue weighted by Gasteiger charge is -2.08. The Kier molecular flexibility index (Phi) is 6.54. The fraction of sp³-hybridized carbons (Fsp3) is 0.455. The summed E-state index contributed by atoms with van der Waals surface area (Å²) in [5, 5.41) is 0. The number of aromatic amines is 1. The van der Waals surface area contributed by atoms with E-state index >= 15 is 0 Å². The Hall–Kier alpha value is -3.16. The van der Waals surface area contributed by atoms with Gasteiger partial charge in [0.15, 0.2) is 11.2 Å². The normalized spacial score (nSPS) is 11.4. The fourth-order valence-electron chi connectivity index (χ4n) is 3.41. The third-order valence-electron chi connectivity index (χ3n) is 5.16. The molecule has 8 heteroatoms. The van der Waals surface area contributed by atoms with Crippen molar-refractivity contribution in [1.29, 1.82) is 0 Å². The Morgan fingerprint density at radius 1 is 1.13 bits per heavy atom. The largest absolute Gasteiger partial charge is 0.454 e. The first-order chi connectivity index (χ1) is 14.4. The van der Waals surface area contributed by atoms with Crippen LogP contribution < -0.4 is 11.2 Å². The van der Waals surface area contributed by atoms with Gasteiger partial charge in [0.25, 0.3) is 5.56 Å². The summed E-state index contributed by atoms with van der Waals surface area (Å²) in [7, 11) is 0. The van der Waals surface area contributed by atoms with Crippen LogP contribution in [0.25, 0.3) is 11.2 Å². The summed E-state index contributed by atoms with van der Waals surface area (Å²) in [6, 6.07) is 7.31. The van der Waals surface area contributed by atoms with Crippen molar-refractivity contribution >= 4 is 17.1 Å². The lowest BCUT2D eigenvalue weighted by molar-refractivity contribution is 0.0458. The molecule has 0 aliphatic carbocycles. The molecule has 1 N–H and O–H groups in total.